The van der Waals surface area contributed by atoms with Crippen LogP contribution in [-0.2, 0) is 11.3 Å². The Labute approximate surface area is 228 Å². The number of aliphatic hydroxyl groups excluding tert-OH is 1. The zero-order valence-corrected chi connectivity index (χ0v) is 22.4. The van der Waals surface area contributed by atoms with Gasteiger partial charge < -0.3 is 25.8 Å². The number of urea groups is 1. The van der Waals surface area contributed by atoms with Gasteiger partial charge >= 0.3 is 12.2 Å². The second-order valence-electron chi connectivity index (χ2n) is 10.8. The number of aromatic nitrogens is 3. The fraction of sp³-hybridized carbons (Fsp3) is 0.560. The number of carbonyl (C=O) groups excluding carboxylic acids is 2. The van der Waals surface area contributed by atoms with Gasteiger partial charge in [0, 0.05) is 37.0 Å². The van der Waals surface area contributed by atoms with Crippen molar-refractivity contribution < 1.29 is 32.6 Å². The minimum absolute atomic E-state index is 0.0704. The Balaban J connectivity index is 1.66. The van der Waals surface area contributed by atoms with Gasteiger partial charge in [0.25, 0.3) is 5.91 Å². The highest BCUT2D eigenvalue weighted by molar-refractivity contribution is 5.94. The van der Waals surface area contributed by atoms with Gasteiger partial charge in [0.1, 0.15) is 18.1 Å². The Morgan fingerprint density at radius 1 is 1.18 bits per heavy atom. The molecule has 1 aromatic heterocycles. The molecule has 15 heteroatoms. The lowest BCUT2D eigenvalue weighted by molar-refractivity contribution is -0.183. The van der Waals surface area contributed by atoms with E-state index in [1.165, 1.54) is 4.90 Å². The number of likely N-dealkylation sites (tertiary alicyclic amines) is 1. The number of nitrogens with zero attached hydrogens (tertiary/aromatic N) is 5. The van der Waals surface area contributed by atoms with Gasteiger partial charge in [-0.3, -0.25) is 15.1 Å². The van der Waals surface area contributed by atoms with Crippen LogP contribution in [-0.4, -0.2) is 92.2 Å². The van der Waals surface area contributed by atoms with Crippen molar-refractivity contribution in [2.75, 3.05) is 31.6 Å². The molecule has 4 rings (SSSR count). The molecule has 2 saturated heterocycles. The maximum atomic E-state index is 14.4. The summed E-state index contributed by atoms with van der Waals surface area (Å²) in [4.78, 5) is 32.2. The lowest BCUT2D eigenvalue weighted by atomic mass is 9.96. The maximum absolute atomic E-state index is 14.4. The molecule has 218 valence electrons. The number of amides is 2. The van der Waals surface area contributed by atoms with Gasteiger partial charge in [0.05, 0.1) is 19.1 Å². The predicted octanol–water partition coefficient (Wildman–Crippen LogP) is 2.35. The second kappa shape index (κ2) is 11.0. The van der Waals surface area contributed by atoms with Crippen LogP contribution in [0.15, 0.2) is 24.3 Å². The van der Waals surface area contributed by atoms with Gasteiger partial charge in [-0.05, 0) is 5.56 Å². The van der Waals surface area contributed by atoms with Gasteiger partial charge in [-0.2, -0.15) is 22.8 Å². The van der Waals surface area contributed by atoms with Crippen LogP contribution in [0.2, 0.25) is 0 Å². The fourth-order valence-electron chi connectivity index (χ4n) is 4.69. The molecule has 3 heterocycles. The van der Waals surface area contributed by atoms with Crippen molar-refractivity contribution in [1.82, 2.24) is 24.6 Å². The van der Waals surface area contributed by atoms with Crippen molar-refractivity contribution in [2.24, 2.45) is 11.1 Å². The first-order valence-electron chi connectivity index (χ1n) is 12.8. The molecule has 2 aliphatic rings. The largest absolute Gasteiger partial charge is 0.409 e. The molecule has 3 unspecified atom stereocenters. The van der Waals surface area contributed by atoms with E-state index in [2.05, 4.69) is 15.4 Å². The molecule has 2 fully saturated rings. The van der Waals surface area contributed by atoms with Crippen molar-refractivity contribution in [3.8, 4) is 0 Å². The molecule has 0 saturated carbocycles. The Morgan fingerprint density at radius 2 is 1.80 bits per heavy atom. The lowest BCUT2D eigenvalue weighted by Crippen LogP contribution is -2.56. The number of alkyl halides is 3. The topological polar surface area (TPSA) is 163 Å². The number of hydrogen-bond donors (Lipinski definition) is 4. The molecule has 12 nitrogen and oxygen atoms in total. The van der Waals surface area contributed by atoms with Gasteiger partial charge in [0.2, 0.25) is 5.95 Å². The van der Waals surface area contributed by atoms with Crippen molar-refractivity contribution in [3.05, 3.63) is 41.2 Å². The normalized spacial score (nSPS) is 21.9. The monoisotopic (exact) mass is 566 g/mol. The van der Waals surface area contributed by atoms with Gasteiger partial charge in [0.15, 0.2) is 5.82 Å². The van der Waals surface area contributed by atoms with Crippen molar-refractivity contribution in [3.63, 3.8) is 0 Å². The zero-order chi connectivity index (χ0) is 29.4. The summed E-state index contributed by atoms with van der Waals surface area (Å²) in [7, 11) is 0. The number of rotatable bonds is 5. The van der Waals surface area contributed by atoms with Gasteiger partial charge in [-0.15, -0.1) is 5.10 Å². The second-order valence-corrected chi connectivity index (χ2v) is 10.8. The standard InChI is InChI=1S/C25H33F3N8O4/c1-24(2,3)21(38)36-22(31-13-14-4-6-15(7-5-14)19(29)30)32-20(33-36)16-12-17(37)35(18(16)25(26,27)28)23(39)34-8-10-40-11-9-34/h4-7,16-18,37H,8-13H2,1-3H3,(H3,29,30)(H,31,32,33). The maximum Gasteiger partial charge on any atom is 0.409 e. The third-order valence-corrected chi connectivity index (χ3v) is 6.81. The number of amidine groups is 1. The van der Waals surface area contributed by atoms with Crippen LogP contribution in [0.3, 0.4) is 0 Å². The molecule has 40 heavy (non-hydrogen) atoms. The molecular formula is C25H33F3N8O4. The Hall–Kier alpha value is -3.72. The van der Waals surface area contributed by atoms with Crippen LogP contribution in [0, 0.1) is 10.8 Å². The van der Waals surface area contributed by atoms with Crippen LogP contribution < -0.4 is 11.1 Å². The third kappa shape index (κ3) is 6.04. The van der Waals surface area contributed by atoms with E-state index < -0.39 is 48.1 Å². The van der Waals surface area contributed by atoms with Crippen LogP contribution in [0.5, 0.6) is 0 Å². The molecule has 2 aromatic rings. The minimum atomic E-state index is -4.91. The summed E-state index contributed by atoms with van der Waals surface area (Å²) < 4.78 is 49.5. The number of ether oxygens (including phenoxy) is 1. The first-order chi connectivity index (χ1) is 18.7. The molecule has 3 atom stereocenters. The number of nitrogen functional groups attached to an aromatic ring is 1. The van der Waals surface area contributed by atoms with E-state index >= 15 is 0 Å². The van der Waals surface area contributed by atoms with E-state index in [-0.39, 0.29) is 50.5 Å². The average Bonchev–Trinajstić information content (AvgIpc) is 3.47. The molecule has 2 aliphatic heterocycles. The van der Waals surface area contributed by atoms with E-state index in [1.54, 1.807) is 45.0 Å². The van der Waals surface area contributed by atoms with E-state index in [1.807, 2.05) is 0 Å². The number of nitrogens with two attached hydrogens (primary N) is 1. The smallest absolute Gasteiger partial charge is 0.384 e. The number of nitrogens with one attached hydrogen (secondary N) is 2. The van der Waals surface area contributed by atoms with Crippen molar-refractivity contribution in [2.45, 2.75) is 58.1 Å². The molecule has 5 N–H and O–H groups in total. The van der Waals surface area contributed by atoms with E-state index in [4.69, 9.17) is 15.9 Å². The average molecular weight is 567 g/mol. The van der Waals surface area contributed by atoms with E-state index in [0.29, 0.717) is 10.5 Å². The number of anilines is 1. The van der Waals surface area contributed by atoms with Crippen LogP contribution in [0.4, 0.5) is 23.9 Å². The summed E-state index contributed by atoms with van der Waals surface area (Å²) in [5.41, 5.74) is 5.79. The molecule has 0 spiro atoms. The van der Waals surface area contributed by atoms with E-state index in [0.717, 1.165) is 10.2 Å². The molecule has 1 aromatic carbocycles. The molecule has 2 amide bonds. The number of halogens is 3. The predicted molar refractivity (Wildman–Crippen MR) is 138 cm³/mol. The highest BCUT2D eigenvalue weighted by Crippen LogP contribution is 2.44. The first-order valence-corrected chi connectivity index (χ1v) is 12.8. The highest BCUT2D eigenvalue weighted by Gasteiger charge is 2.59. The van der Waals surface area contributed by atoms with Crippen LogP contribution in [0.1, 0.15) is 54.9 Å². The third-order valence-electron chi connectivity index (χ3n) is 6.81. The van der Waals surface area contributed by atoms with Gasteiger partial charge in [-0.25, -0.2) is 4.79 Å². The Bertz CT molecular complexity index is 1250. The highest BCUT2D eigenvalue weighted by atomic mass is 19.4. The fourth-order valence-corrected chi connectivity index (χ4v) is 4.69. The van der Waals surface area contributed by atoms with Crippen molar-refractivity contribution >= 4 is 23.7 Å². The summed E-state index contributed by atoms with van der Waals surface area (Å²) in [5.74, 6) is -2.50. The number of hydrogen-bond acceptors (Lipinski definition) is 8. The number of benzene rings is 1. The summed E-state index contributed by atoms with van der Waals surface area (Å²) >= 11 is 0. The lowest BCUT2D eigenvalue weighted by Gasteiger charge is -2.36. The number of carbonyl (C=O) groups is 2. The quantitative estimate of drug-likeness (QED) is 0.317. The summed E-state index contributed by atoms with van der Waals surface area (Å²) in [6.45, 7) is 5.64. The van der Waals surface area contributed by atoms with Crippen LogP contribution >= 0.6 is 0 Å². The summed E-state index contributed by atoms with van der Waals surface area (Å²) in [6, 6.07) is 3.36. The first kappa shape index (κ1) is 29.3. The molecular weight excluding hydrogens is 533 g/mol. The van der Waals surface area contributed by atoms with Crippen LogP contribution in [0.25, 0.3) is 0 Å². The number of aliphatic hydroxyl groups is 1. The summed E-state index contributed by atoms with van der Waals surface area (Å²) in [6.07, 6.45) is -7.09. The number of morpholine rings is 1. The van der Waals surface area contributed by atoms with Crippen molar-refractivity contribution in [1.29, 1.82) is 5.41 Å². The Morgan fingerprint density at radius 3 is 2.35 bits per heavy atom. The van der Waals surface area contributed by atoms with E-state index in [9.17, 15) is 27.9 Å². The van der Waals surface area contributed by atoms with Gasteiger partial charge in [-0.1, -0.05) is 45.0 Å². The molecule has 0 aliphatic carbocycles. The SMILES string of the molecule is CC(C)(C)C(=O)n1nc(C2CC(O)N(C(=O)N3CCOCC3)C2C(F)(F)F)nc1NCc1ccc(C(=N)N)cc1. The zero-order valence-electron chi connectivity index (χ0n) is 22.4. The minimum Gasteiger partial charge on any atom is -0.384 e. The molecule has 0 bridgehead atoms. The summed E-state index contributed by atoms with van der Waals surface area (Å²) in [5, 5.41) is 25.3. The Kier molecular flexibility index (Phi) is 8.08. The molecule has 0 radical (unpaired) electrons.